The predicted molar refractivity (Wildman–Crippen MR) is 110 cm³/mol. The largest absolute Gasteiger partial charge is 0.322 e. The van der Waals surface area contributed by atoms with Gasteiger partial charge in [-0.25, -0.2) is 13.5 Å². The number of hydrogen-bond acceptors (Lipinski definition) is 3. The third-order valence-electron chi connectivity index (χ3n) is 4.93. The molecule has 1 aliphatic heterocycles. The minimum atomic E-state index is -0.368. The second-order valence-electron chi connectivity index (χ2n) is 6.82. The smallest absolute Gasteiger partial charge is 0.259 e. The van der Waals surface area contributed by atoms with Gasteiger partial charge in [0.25, 0.3) is 5.91 Å². The molecule has 0 bridgehead atoms. The van der Waals surface area contributed by atoms with Gasteiger partial charge in [-0.05, 0) is 68.4 Å². The number of aromatic nitrogens is 2. The Bertz CT molecular complexity index is 985. The first kappa shape index (κ1) is 21.0. The lowest BCUT2D eigenvalue weighted by atomic mass is 9.91. The van der Waals surface area contributed by atoms with Crippen LogP contribution < -0.4 is 10.6 Å². The molecule has 5 nitrogen and oxygen atoms in total. The lowest BCUT2D eigenvalue weighted by molar-refractivity contribution is 0.102. The molecule has 1 fully saturated rings. The van der Waals surface area contributed by atoms with Gasteiger partial charge in [0.05, 0.1) is 23.1 Å². The fourth-order valence-electron chi connectivity index (χ4n) is 3.57. The van der Waals surface area contributed by atoms with Crippen LogP contribution in [0.25, 0.3) is 5.69 Å². The highest BCUT2D eigenvalue weighted by Gasteiger charge is 2.27. The van der Waals surface area contributed by atoms with Crippen molar-refractivity contribution in [3.05, 3.63) is 77.6 Å². The second kappa shape index (κ2) is 9.15. The first-order valence-corrected chi connectivity index (χ1v) is 9.23. The molecule has 4 rings (SSSR count). The van der Waals surface area contributed by atoms with Crippen LogP contribution in [0.3, 0.4) is 0 Å². The first-order valence-electron chi connectivity index (χ1n) is 9.23. The Morgan fingerprint density at radius 3 is 2.48 bits per heavy atom. The molecule has 1 amide bonds. The third-order valence-corrected chi connectivity index (χ3v) is 4.93. The number of rotatable bonds is 4. The molecule has 0 radical (unpaired) electrons. The minimum Gasteiger partial charge on any atom is -0.322 e. The summed E-state index contributed by atoms with van der Waals surface area (Å²) in [6, 6.07) is 11.8. The summed E-state index contributed by atoms with van der Waals surface area (Å²) in [6.07, 6.45) is 3.23. The number of nitrogens with one attached hydrogen (secondary N) is 2. The third kappa shape index (κ3) is 4.63. The maximum absolute atomic E-state index is 13.8. The normalized spacial score (nSPS) is 14.3. The van der Waals surface area contributed by atoms with Crippen LogP contribution in [0.4, 0.5) is 14.5 Å². The summed E-state index contributed by atoms with van der Waals surface area (Å²) in [5.74, 6) is -0.919. The van der Waals surface area contributed by atoms with Crippen LogP contribution in [0.1, 0.15) is 34.8 Å². The van der Waals surface area contributed by atoms with Crippen molar-refractivity contribution in [3.8, 4) is 5.69 Å². The summed E-state index contributed by atoms with van der Waals surface area (Å²) >= 11 is 0. The van der Waals surface area contributed by atoms with Crippen molar-refractivity contribution in [2.24, 2.45) is 0 Å². The summed E-state index contributed by atoms with van der Waals surface area (Å²) in [7, 11) is 0. The van der Waals surface area contributed by atoms with Crippen LogP contribution in [-0.2, 0) is 0 Å². The minimum absolute atomic E-state index is 0. The second-order valence-corrected chi connectivity index (χ2v) is 6.82. The Kier molecular flexibility index (Phi) is 6.61. The van der Waals surface area contributed by atoms with Crippen LogP contribution >= 0.6 is 12.4 Å². The molecule has 0 aliphatic carbocycles. The molecule has 1 aliphatic rings. The van der Waals surface area contributed by atoms with Crippen molar-refractivity contribution in [3.63, 3.8) is 0 Å². The van der Waals surface area contributed by atoms with E-state index in [2.05, 4.69) is 15.7 Å². The summed E-state index contributed by atoms with van der Waals surface area (Å²) in [4.78, 5) is 12.9. The van der Waals surface area contributed by atoms with Gasteiger partial charge >= 0.3 is 0 Å². The topological polar surface area (TPSA) is 59.0 Å². The zero-order valence-electron chi connectivity index (χ0n) is 15.6. The molecule has 0 spiro atoms. The molecule has 2 heterocycles. The van der Waals surface area contributed by atoms with E-state index in [-0.39, 0.29) is 35.9 Å². The molecule has 2 N–H and O–H groups in total. The molecule has 3 aromatic rings. The van der Waals surface area contributed by atoms with Crippen molar-refractivity contribution < 1.29 is 13.6 Å². The average Bonchev–Trinajstić information content (AvgIpc) is 3.16. The van der Waals surface area contributed by atoms with E-state index in [9.17, 15) is 13.6 Å². The maximum atomic E-state index is 13.8. The van der Waals surface area contributed by atoms with E-state index in [0.717, 1.165) is 31.6 Å². The average molecular weight is 419 g/mol. The number of halogens is 3. The molecule has 0 atom stereocenters. The van der Waals surface area contributed by atoms with Gasteiger partial charge in [-0.15, -0.1) is 12.4 Å². The van der Waals surface area contributed by atoms with Crippen LogP contribution in [0.15, 0.2) is 54.7 Å². The molecule has 1 aromatic heterocycles. The molecule has 2 aromatic carbocycles. The predicted octanol–water partition coefficient (Wildman–Crippen LogP) is 4.29. The lowest BCUT2D eigenvalue weighted by Crippen LogP contribution is -2.29. The molecule has 0 saturated carbocycles. The van der Waals surface area contributed by atoms with Crippen molar-refractivity contribution in [1.29, 1.82) is 0 Å². The Morgan fingerprint density at radius 2 is 1.79 bits per heavy atom. The van der Waals surface area contributed by atoms with Crippen molar-refractivity contribution in [2.45, 2.75) is 18.8 Å². The highest BCUT2D eigenvalue weighted by Crippen LogP contribution is 2.30. The van der Waals surface area contributed by atoms with Crippen LogP contribution in [0.5, 0.6) is 0 Å². The fraction of sp³-hybridized carbons (Fsp3) is 0.238. The Labute approximate surface area is 173 Å². The zero-order chi connectivity index (χ0) is 19.5. The van der Waals surface area contributed by atoms with E-state index in [1.54, 1.807) is 16.8 Å². The van der Waals surface area contributed by atoms with Crippen molar-refractivity contribution in [2.75, 3.05) is 18.4 Å². The summed E-state index contributed by atoms with van der Waals surface area (Å²) in [5.41, 5.74) is 2.29. The molecule has 152 valence electrons. The van der Waals surface area contributed by atoms with E-state index in [4.69, 9.17) is 0 Å². The molecule has 0 unspecified atom stereocenters. The van der Waals surface area contributed by atoms with Gasteiger partial charge in [-0.3, -0.25) is 4.79 Å². The number of hydrogen-bond donors (Lipinski definition) is 2. The highest BCUT2D eigenvalue weighted by atomic mass is 35.5. The van der Waals surface area contributed by atoms with Gasteiger partial charge in [0, 0.05) is 11.6 Å². The Balaban J connectivity index is 0.00000240. The molecule has 29 heavy (non-hydrogen) atoms. The number of benzene rings is 2. The van der Waals surface area contributed by atoms with Crippen molar-refractivity contribution >= 4 is 24.0 Å². The van der Waals surface area contributed by atoms with E-state index >= 15 is 0 Å². The van der Waals surface area contributed by atoms with E-state index in [1.807, 2.05) is 0 Å². The molecule has 1 saturated heterocycles. The van der Waals surface area contributed by atoms with Crippen LogP contribution in [0.2, 0.25) is 0 Å². The number of piperidine rings is 1. The number of nitrogens with zero attached hydrogens (tertiary/aromatic N) is 2. The fourth-order valence-corrected chi connectivity index (χ4v) is 3.57. The van der Waals surface area contributed by atoms with Gasteiger partial charge < -0.3 is 10.6 Å². The van der Waals surface area contributed by atoms with E-state index in [0.29, 0.717) is 16.9 Å². The first-order chi connectivity index (χ1) is 13.6. The molecular formula is C21H21ClF2N4O. The van der Waals surface area contributed by atoms with Gasteiger partial charge in [0.2, 0.25) is 0 Å². The monoisotopic (exact) mass is 418 g/mol. The van der Waals surface area contributed by atoms with Gasteiger partial charge in [0.15, 0.2) is 0 Å². The van der Waals surface area contributed by atoms with Gasteiger partial charge in [-0.2, -0.15) is 5.10 Å². The lowest BCUT2D eigenvalue weighted by Gasteiger charge is -2.24. The highest BCUT2D eigenvalue weighted by molar-refractivity contribution is 6.05. The maximum Gasteiger partial charge on any atom is 0.259 e. The van der Waals surface area contributed by atoms with E-state index < -0.39 is 0 Å². The van der Waals surface area contributed by atoms with Crippen LogP contribution in [0, 0.1) is 11.6 Å². The standard InChI is InChI=1S/C21H20F2N4O.ClH/c22-15-4-6-17(7-5-15)26-21(28)19-13-25-27(18-3-1-2-16(23)12-18)20(19)14-8-10-24-11-9-14;/h1-7,12-14,24H,8-11H2,(H,26,28);1H. The quantitative estimate of drug-likeness (QED) is 0.664. The zero-order valence-corrected chi connectivity index (χ0v) is 16.4. The number of amides is 1. The Hall–Kier alpha value is -2.77. The van der Waals surface area contributed by atoms with Gasteiger partial charge in [-0.1, -0.05) is 6.07 Å². The summed E-state index contributed by atoms with van der Waals surface area (Å²) in [6.45, 7) is 1.69. The number of anilines is 1. The van der Waals surface area contributed by atoms with E-state index in [1.165, 1.54) is 42.6 Å². The molecule has 8 heteroatoms. The summed E-state index contributed by atoms with van der Waals surface area (Å²) in [5, 5.41) is 10.5. The van der Waals surface area contributed by atoms with Crippen molar-refractivity contribution in [1.82, 2.24) is 15.1 Å². The number of carbonyl (C=O) groups is 1. The van der Waals surface area contributed by atoms with Gasteiger partial charge in [0.1, 0.15) is 11.6 Å². The summed E-state index contributed by atoms with van der Waals surface area (Å²) < 4.78 is 28.5. The van der Waals surface area contributed by atoms with Crippen LogP contribution in [-0.4, -0.2) is 28.8 Å². The molecular weight excluding hydrogens is 398 g/mol. The SMILES string of the molecule is Cl.O=C(Nc1ccc(F)cc1)c1cnn(-c2cccc(F)c2)c1C1CCNCC1. The number of carbonyl (C=O) groups excluding carboxylic acids is 1. The Morgan fingerprint density at radius 1 is 1.07 bits per heavy atom.